The van der Waals surface area contributed by atoms with Gasteiger partial charge in [-0.25, -0.2) is 9.97 Å². The summed E-state index contributed by atoms with van der Waals surface area (Å²) in [6.07, 6.45) is 8.72. The summed E-state index contributed by atoms with van der Waals surface area (Å²) in [4.78, 5) is 24.3. The van der Waals surface area contributed by atoms with E-state index >= 15 is 0 Å². The van der Waals surface area contributed by atoms with E-state index < -0.39 is 0 Å². The van der Waals surface area contributed by atoms with Crippen LogP contribution < -0.4 is 15.4 Å². The summed E-state index contributed by atoms with van der Waals surface area (Å²) in [7, 11) is 0. The van der Waals surface area contributed by atoms with Crippen LogP contribution in [-0.2, 0) is 0 Å². The number of phenolic OH excluding ortho intramolecular Hbond substituents is 1. The first-order valence-corrected chi connectivity index (χ1v) is 18.1. The highest BCUT2D eigenvalue weighted by Crippen LogP contribution is 2.47. The van der Waals surface area contributed by atoms with E-state index in [1.807, 2.05) is 30.3 Å². The Morgan fingerprint density at radius 3 is 2.27 bits per heavy atom. The second kappa shape index (κ2) is 15.7. The summed E-state index contributed by atoms with van der Waals surface area (Å²) in [5, 5.41) is 19.4. The summed E-state index contributed by atoms with van der Waals surface area (Å²) in [5.41, 5.74) is 4.67. The van der Waals surface area contributed by atoms with Crippen molar-refractivity contribution >= 4 is 68.6 Å². The molecule has 0 unspecified atom stereocenters. The van der Waals surface area contributed by atoms with Crippen LogP contribution in [0.5, 0.6) is 11.5 Å². The Labute approximate surface area is 302 Å². The molecule has 1 heterocycles. The lowest BCUT2D eigenvalue weighted by Gasteiger charge is -2.24. The maximum atomic E-state index is 14.4. The van der Waals surface area contributed by atoms with Crippen molar-refractivity contribution in [2.24, 2.45) is 0 Å². The number of aromatic nitrogens is 2. The molecule has 7 nitrogen and oxygen atoms in total. The molecule has 1 aliphatic carbocycles. The fourth-order valence-electron chi connectivity index (χ4n) is 6.15. The largest absolute Gasteiger partial charge is 0.507 e. The van der Waals surface area contributed by atoms with Crippen molar-refractivity contribution in [3.63, 3.8) is 0 Å². The lowest BCUT2D eigenvalue weighted by molar-refractivity contribution is 0.104. The number of carbonyl (C=O) groups is 1. The second-order valence-electron chi connectivity index (χ2n) is 12.3. The minimum absolute atomic E-state index is 0.0129. The molecule has 0 aliphatic heterocycles. The number of nitrogens with zero attached hydrogens (tertiary/aromatic N) is 2. The highest BCUT2D eigenvalue weighted by atomic mass is 35.5. The van der Waals surface area contributed by atoms with Crippen molar-refractivity contribution in [1.82, 2.24) is 9.97 Å². The molecule has 5 aromatic rings. The Hall–Kier alpha value is -4.04. The summed E-state index contributed by atoms with van der Waals surface area (Å²) in [6.45, 7) is 5.60. The molecule has 0 saturated heterocycles. The van der Waals surface area contributed by atoms with Crippen molar-refractivity contribution in [1.29, 1.82) is 0 Å². The number of anilines is 3. The van der Waals surface area contributed by atoms with Gasteiger partial charge < -0.3 is 20.5 Å². The predicted molar refractivity (Wildman–Crippen MR) is 203 cm³/mol. The molecule has 6 rings (SSSR count). The lowest BCUT2D eigenvalue weighted by Crippen LogP contribution is -2.15. The van der Waals surface area contributed by atoms with Gasteiger partial charge in [-0.05, 0) is 43.2 Å². The van der Waals surface area contributed by atoms with Gasteiger partial charge in [0.15, 0.2) is 11.6 Å². The first kappa shape index (κ1) is 34.8. The van der Waals surface area contributed by atoms with Crippen LogP contribution in [0.2, 0.25) is 15.1 Å². The molecule has 0 atom stereocenters. The standard InChI is InChI=1S/C39H39Cl3N4O3/c1-3-5-7-8-9-12-18-49-32-22-30(44-36-28(41)20-24(21-29(36)42)43-17-6-4-2)33-34-35(25-13-10-11-14-26(25)38(33)48)45-39(46-37(32)34)27-19-23(40)15-16-31(27)47/h10-11,13-16,19-22,43-44,47H,3-9,12,17-18H2,1-2H3. The Balaban J connectivity index is 1.52. The lowest BCUT2D eigenvalue weighted by atomic mass is 9.85. The van der Waals surface area contributed by atoms with Crippen LogP contribution in [0.3, 0.4) is 0 Å². The average Bonchev–Trinajstić information content (AvgIpc) is 3.09. The summed E-state index contributed by atoms with van der Waals surface area (Å²) >= 11 is 20.0. The van der Waals surface area contributed by atoms with Crippen molar-refractivity contribution in [3.8, 4) is 34.1 Å². The van der Waals surface area contributed by atoms with Gasteiger partial charge >= 0.3 is 0 Å². The molecular formula is C39H39Cl3N4O3. The van der Waals surface area contributed by atoms with Crippen LogP contribution >= 0.6 is 34.8 Å². The van der Waals surface area contributed by atoms with Crippen LogP contribution in [0.15, 0.2) is 60.7 Å². The molecule has 1 aliphatic rings. The molecule has 0 amide bonds. The Morgan fingerprint density at radius 2 is 1.51 bits per heavy atom. The van der Waals surface area contributed by atoms with Crippen molar-refractivity contribution in [2.45, 2.75) is 65.2 Å². The molecule has 3 N–H and O–H groups in total. The average molecular weight is 718 g/mol. The van der Waals surface area contributed by atoms with E-state index in [1.54, 1.807) is 24.3 Å². The number of halogens is 3. The van der Waals surface area contributed by atoms with Crippen molar-refractivity contribution in [2.75, 3.05) is 23.8 Å². The minimum Gasteiger partial charge on any atom is -0.507 e. The fourth-order valence-corrected chi connectivity index (χ4v) is 6.91. The van der Waals surface area contributed by atoms with Gasteiger partial charge in [-0.1, -0.05) is 111 Å². The van der Waals surface area contributed by atoms with Gasteiger partial charge in [0.25, 0.3) is 0 Å². The summed E-state index contributed by atoms with van der Waals surface area (Å²) in [5.74, 6) is 0.532. The highest BCUT2D eigenvalue weighted by molar-refractivity contribution is 6.40. The maximum Gasteiger partial charge on any atom is 0.196 e. The normalized spacial score (nSPS) is 11.9. The third-order valence-corrected chi connectivity index (χ3v) is 9.54. The van der Waals surface area contributed by atoms with E-state index in [0.717, 1.165) is 44.3 Å². The zero-order valence-corrected chi connectivity index (χ0v) is 29.9. The quantitative estimate of drug-likeness (QED) is 0.0910. The Morgan fingerprint density at radius 1 is 0.796 bits per heavy atom. The smallest absolute Gasteiger partial charge is 0.196 e. The van der Waals surface area contributed by atoms with Gasteiger partial charge in [0.2, 0.25) is 0 Å². The van der Waals surface area contributed by atoms with E-state index in [9.17, 15) is 9.90 Å². The zero-order valence-electron chi connectivity index (χ0n) is 27.6. The third kappa shape index (κ3) is 7.45. The zero-order chi connectivity index (χ0) is 34.5. The van der Waals surface area contributed by atoms with E-state index in [1.165, 1.54) is 25.3 Å². The molecule has 1 aromatic heterocycles. The highest BCUT2D eigenvalue weighted by Gasteiger charge is 2.32. The second-order valence-corrected chi connectivity index (χ2v) is 13.5. The first-order chi connectivity index (χ1) is 23.8. The van der Waals surface area contributed by atoms with E-state index in [2.05, 4.69) is 24.5 Å². The molecule has 49 heavy (non-hydrogen) atoms. The molecule has 0 fully saturated rings. The maximum absolute atomic E-state index is 14.4. The monoisotopic (exact) mass is 716 g/mol. The third-order valence-electron chi connectivity index (χ3n) is 8.71. The molecule has 10 heteroatoms. The molecule has 0 radical (unpaired) electrons. The Kier molecular flexibility index (Phi) is 11.1. The van der Waals surface area contributed by atoms with Crippen LogP contribution in [0.1, 0.15) is 81.1 Å². The minimum atomic E-state index is -0.190. The fraction of sp³-hybridized carbons (Fsp3) is 0.308. The van der Waals surface area contributed by atoms with Gasteiger partial charge in [-0.3, -0.25) is 4.79 Å². The number of unbranched alkanes of at least 4 members (excludes halogenated alkanes) is 6. The topological polar surface area (TPSA) is 96.4 Å². The van der Waals surface area contributed by atoms with Crippen LogP contribution in [0.25, 0.3) is 33.5 Å². The summed E-state index contributed by atoms with van der Waals surface area (Å²) in [6, 6.07) is 17.5. The van der Waals surface area contributed by atoms with Crippen LogP contribution in [0.4, 0.5) is 17.1 Å². The number of aromatic hydroxyl groups is 1. The molecule has 0 spiro atoms. The number of phenols is 1. The molecule has 0 bridgehead atoms. The molecule has 254 valence electrons. The number of fused-ring (bicyclic) bond motifs is 2. The number of carbonyl (C=O) groups excluding carboxylic acids is 1. The number of hydrogen-bond donors (Lipinski definition) is 3. The van der Waals surface area contributed by atoms with Gasteiger partial charge in [0.05, 0.1) is 44.8 Å². The number of ketones is 1. The van der Waals surface area contributed by atoms with Gasteiger partial charge in [0, 0.05) is 39.8 Å². The number of benzene rings is 4. The predicted octanol–water partition coefficient (Wildman–Crippen LogP) is 11.9. The molecule has 4 aromatic carbocycles. The van der Waals surface area contributed by atoms with E-state index in [-0.39, 0.29) is 17.4 Å². The Bertz CT molecular complexity index is 1990. The van der Waals surface area contributed by atoms with Crippen molar-refractivity contribution < 1.29 is 14.6 Å². The van der Waals surface area contributed by atoms with Gasteiger partial charge in [-0.2, -0.15) is 0 Å². The number of rotatable bonds is 15. The van der Waals surface area contributed by atoms with Crippen LogP contribution in [-0.4, -0.2) is 34.0 Å². The van der Waals surface area contributed by atoms with Crippen molar-refractivity contribution in [3.05, 3.63) is 86.9 Å². The first-order valence-electron chi connectivity index (χ1n) is 16.9. The van der Waals surface area contributed by atoms with Gasteiger partial charge in [0.1, 0.15) is 17.0 Å². The number of ether oxygens (including phenoxy) is 1. The van der Waals surface area contributed by atoms with Crippen LogP contribution in [0, 0.1) is 0 Å². The van der Waals surface area contributed by atoms with E-state index in [4.69, 9.17) is 49.5 Å². The SMILES string of the molecule is CCCCCCCCOc1cc(Nc2c(Cl)cc(NCCCC)cc2Cl)c2c3c(nc(-c4cc(Cl)ccc4O)nc13)-c1ccccc1C2=O. The van der Waals surface area contributed by atoms with Gasteiger partial charge in [-0.15, -0.1) is 0 Å². The molecule has 0 saturated carbocycles. The number of hydrogen-bond acceptors (Lipinski definition) is 7. The summed E-state index contributed by atoms with van der Waals surface area (Å²) < 4.78 is 6.48. The molecular weight excluding hydrogens is 679 g/mol. The van der Waals surface area contributed by atoms with E-state index in [0.29, 0.717) is 77.6 Å². The number of nitrogens with one attached hydrogen (secondary N) is 2.